The maximum absolute atomic E-state index is 12.4. The number of halogens is 2. The van der Waals surface area contributed by atoms with Crippen molar-refractivity contribution in [1.82, 2.24) is 20.1 Å². The van der Waals surface area contributed by atoms with E-state index in [1.807, 2.05) is 80.9 Å². The summed E-state index contributed by atoms with van der Waals surface area (Å²) in [6, 6.07) is 9.56. The molecule has 0 aliphatic rings. The number of carbonyl (C=O) groups is 1. The molecule has 8 heteroatoms. The Labute approximate surface area is 195 Å². The van der Waals surface area contributed by atoms with E-state index in [2.05, 4.69) is 15.6 Å². The molecule has 0 spiro atoms. The first kappa shape index (κ1) is 25.3. The Morgan fingerprint density at radius 2 is 1.97 bits per heavy atom. The molecule has 0 fully saturated rings. The van der Waals surface area contributed by atoms with Gasteiger partial charge in [-0.1, -0.05) is 23.7 Å². The van der Waals surface area contributed by atoms with E-state index in [-0.39, 0.29) is 35.4 Å². The van der Waals surface area contributed by atoms with Crippen LogP contribution in [0, 0.1) is 0 Å². The van der Waals surface area contributed by atoms with E-state index in [4.69, 9.17) is 11.6 Å². The van der Waals surface area contributed by atoms with Gasteiger partial charge in [0.25, 0.3) is 5.91 Å². The molecule has 2 rings (SSSR count). The Hall–Kier alpha value is -1.74. The second-order valence-corrected chi connectivity index (χ2v) is 8.36. The third kappa shape index (κ3) is 7.89. The van der Waals surface area contributed by atoms with Crippen molar-refractivity contribution in [2.75, 3.05) is 14.1 Å². The summed E-state index contributed by atoms with van der Waals surface area (Å²) in [6.07, 6.45) is 1.88. The van der Waals surface area contributed by atoms with E-state index in [1.54, 1.807) is 7.05 Å². The average Bonchev–Trinajstić information content (AvgIpc) is 2.91. The van der Waals surface area contributed by atoms with Gasteiger partial charge in [-0.3, -0.25) is 9.79 Å². The molecule has 6 nitrogen and oxygen atoms in total. The maximum atomic E-state index is 12.4. The highest BCUT2D eigenvalue weighted by atomic mass is 127. The van der Waals surface area contributed by atoms with E-state index >= 15 is 0 Å². The van der Waals surface area contributed by atoms with Crippen LogP contribution >= 0.6 is 35.6 Å². The van der Waals surface area contributed by atoms with E-state index in [0.717, 1.165) is 22.2 Å². The Bertz CT molecular complexity index is 857. The zero-order chi connectivity index (χ0) is 20.9. The number of aliphatic imine (C=N–C) groups is 1. The van der Waals surface area contributed by atoms with E-state index < -0.39 is 0 Å². The van der Waals surface area contributed by atoms with Crippen LogP contribution in [0.5, 0.6) is 0 Å². The van der Waals surface area contributed by atoms with Gasteiger partial charge < -0.3 is 20.1 Å². The number of nitrogens with one attached hydrogen (secondary N) is 2. The van der Waals surface area contributed by atoms with E-state index in [1.165, 1.54) is 0 Å². The van der Waals surface area contributed by atoms with Gasteiger partial charge in [-0.15, -0.1) is 24.0 Å². The molecule has 29 heavy (non-hydrogen) atoms. The lowest BCUT2D eigenvalue weighted by molar-refractivity contribution is 0.0919. The molecule has 0 saturated heterocycles. The van der Waals surface area contributed by atoms with Gasteiger partial charge in [0.15, 0.2) is 5.96 Å². The number of hydrogen-bond donors (Lipinski definition) is 2. The van der Waals surface area contributed by atoms with Crippen molar-refractivity contribution < 1.29 is 4.79 Å². The monoisotopic (exact) mass is 531 g/mol. The molecule has 0 bridgehead atoms. The molecule has 0 saturated carbocycles. The first-order valence-electron chi connectivity index (χ1n) is 9.23. The van der Waals surface area contributed by atoms with Gasteiger partial charge in [-0.05, 0) is 44.5 Å². The lowest BCUT2D eigenvalue weighted by Crippen LogP contribution is -2.40. The predicted molar refractivity (Wildman–Crippen MR) is 131 cm³/mol. The predicted octanol–water partition coefficient (Wildman–Crippen LogP) is 4.03. The number of rotatable bonds is 5. The Kier molecular flexibility index (Phi) is 9.48. The molecule has 1 aromatic heterocycles. The summed E-state index contributed by atoms with van der Waals surface area (Å²) in [7, 11) is 5.70. The first-order chi connectivity index (χ1) is 13.1. The molecule has 1 aromatic carbocycles. The van der Waals surface area contributed by atoms with Crippen LogP contribution < -0.4 is 10.6 Å². The van der Waals surface area contributed by atoms with E-state index in [9.17, 15) is 4.79 Å². The summed E-state index contributed by atoms with van der Waals surface area (Å²) >= 11 is 6.07. The Balaban J connectivity index is 0.00000420. The largest absolute Gasteiger partial charge is 0.352 e. The minimum Gasteiger partial charge on any atom is -0.352 e. The molecule has 0 aliphatic heterocycles. The van der Waals surface area contributed by atoms with Gasteiger partial charge in [0, 0.05) is 50.7 Å². The zero-order valence-electron chi connectivity index (χ0n) is 17.9. The van der Waals surface area contributed by atoms with Crippen LogP contribution in [0.3, 0.4) is 0 Å². The number of aromatic nitrogens is 1. The molecule has 0 aliphatic carbocycles. The Morgan fingerprint density at radius 3 is 2.52 bits per heavy atom. The van der Waals surface area contributed by atoms with Crippen LogP contribution in [0.25, 0.3) is 0 Å². The van der Waals surface area contributed by atoms with Gasteiger partial charge in [0.2, 0.25) is 0 Å². The molecular weight excluding hydrogens is 501 g/mol. The summed E-state index contributed by atoms with van der Waals surface area (Å²) in [5, 5.41) is 7.06. The second-order valence-electron chi connectivity index (χ2n) is 7.92. The molecule has 2 N–H and O–H groups in total. The van der Waals surface area contributed by atoms with Crippen LogP contribution in [0.4, 0.5) is 0 Å². The summed E-state index contributed by atoms with van der Waals surface area (Å²) in [4.78, 5) is 18.8. The van der Waals surface area contributed by atoms with Crippen LogP contribution in [0.1, 0.15) is 42.4 Å². The molecule has 160 valence electrons. The van der Waals surface area contributed by atoms with Crippen molar-refractivity contribution in [3.8, 4) is 0 Å². The van der Waals surface area contributed by atoms with Crippen molar-refractivity contribution in [1.29, 1.82) is 0 Å². The summed E-state index contributed by atoms with van der Waals surface area (Å²) < 4.78 is 2.00. The van der Waals surface area contributed by atoms with Crippen LogP contribution in [0.2, 0.25) is 5.02 Å². The average molecular weight is 532 g/mol. The number of nitrogens with zero attached hydrogens (tertiary/aromatic N) is 3. The number of guanidine groups is 1. The number of carbonyl (C=O) groups excluding carboxylic acids is 1. The molecule has 0 radical (unpaired) electrons. The fourth-order valence-electron chi connectivity index (χ4n) is 2.84. The minimum absolute atomic E-state index is 0. The van der Waals surface area contributed by atoms with Crippen molar-refractivity contribution in [2.45, 2.75) is 39.4 Å². The topological polar surface area (TPSA) is 61.7 Å². The highest BCUT2D eigenvalue weighted by Crippen LogP contribution is 2.14. The highest BCUT2D eigenvalue weighted by molar-refractivity contribution is 14.0. The van der Waals surface area contributed by atoms with Crippen LogP contribution in [-0.2, 0) is 20.1 Å². The summed E-state index contributed by atoms with van der Waals surface area (Å²) in [5.74, 6) is 0.693. The van der Waals surface area contributed by atoms with Gasteiger partial charge in [0.1, 0.15) is 0 Å². The maximum Gasteiger partial charge on any atom is 0.251 e. The minimum atomic E-state index is -0.268. The standard InChI is InChI=1S/C21H30ClN5O.HI/c1-21(2,3)25-19(28)16-9-7-8-15(10-16)12-24-20(23-4)27(6)14-18-11-17(22)13-26(18)5;/h7-11,13H,12,14H2,1-6H3,(H,23,24)(H,25,28);1H. The van der Waals surface area contributed by atoms with Crippen molar-refractivity contribution >= 4 is 47.4 Å². The number of hydrogen-bond acceptors (Lipinski definition) is 2. The third-order valence-electron chi connectivity index (χ3n) is 4.18. The normalized spacial score (nSPS) is 11.6. The third-order valence-corrected chi connectivity index (χ3v) is 4.38. The van der Waals surface area contributed by atoms with Crippen LogP contribution in [-0.4, -0.2) is 41.0 Å². The lowest BCUT2D eigenvalue weighted by Gasteiger charge is -2.23. The van der Waals surface area contributed by atoms with Crippen molar-refractivity contribution in [3.05, 3.63) is 58.4 Å². The van der Waals surface area contributed by atoms with Gasteiger partial charge >= 0.3 is 0 Å². The van der Waals surface area contributed by atoms with Gasteiger partial charge in [0.05, 0.1) is 11.6 Å². The molecule has 1 amide bonds. The van der Waals surface area contributed by atoms with E-state index in [0.29, 0.717) is 18.7 Å². The van der Waals surface area contributed by atoms with Gasteiger partial charge in [-0.25, -0.2) is 0 Å². The van der Waals surface area contributed by atoms with Crippen LogP contribution in [0.15, 0.2) is 41.5 Å². The molecule has 2 aromatic rings. The van der Waals surface area contributed by atoms with Crippen molar-refractivity contribution in [2.24, 2.45) is 12.0 Å². The first-order valence-corrected chi connectivity index (χ1v) is 9.61. The zero-order valence-corrected chi connectivity index (χ0v) is 21.0. The number of amides is 1. The lowest BCUT2D eigenvalue weighted by atomic mass is 10.1. The molecule has 1 heterocycles. The Morgan fingerprint density at radius 1 is 1.28 bits per heavy atom. The van der Waals surface area contributed by atoms with Gasteiger partial charge in [-0.2, -0.15) is 0 Å². The SMILES string of the molecule is CN=C(NCc1cccc(C(=O)NC(C)(C)C)c1)N(C)Cc1cc(Cl)cn1C.I. The second kappa shape index (κ2) is 10.9. The van der Waals surface area contributed by atoms with Crippen molar-refractivity contribution in [3.63, 3.8) is 0 Å². The molecule has 0 unspecified atom stereocenters. The summed E-state index contributed by atoms with van der Waals surface area (Å²) in [5.41, 5.74) is 2.49. The molecule has 0 atom stereocenters. The fourth-order valence-corrected chi connectivity index (χ4v) is 3.11. The quantitative estimate of drug-likeness (QED) is 0.348. The smallest absolute Gasteiger partial charge is 0.251 e. The fraction of sp³-hybridized carbons (Fsp3) is 0.429. The summed E-state index contributed by atoms with van der Waals surface area (Å²) in [6.45, 7) is 7.15. The number of aryl methyl sites for hydroxylation is 1. The number of benzene rings is 1. The molecular formula is C21H31ClIN5O. The highest BCUT2D eigenvalue weighted by Gasteiger charge is 2.15.